The normalized spacial score (nSPS) is 14.3. The van der Waals surface area contributed by atoms with Crippen molar-refractivity contribution < 1.29 is 0 Å². The van der Waals surface area contributed by atoms with Crippen molar-refractivity contribution in [2.75, 3.05) is 5.43 Å². The average molecular weight is 212 g/mol. The van der Waals surface area contributed by atoms with Crippen molar-refractivity contribution in [3.63, 3.8) is 0 Å². The van der Waals surface area contributed by atoms with E-state index in [0.717, 1.165) is 5.69 Å². The van der Waals surface area contributed by atoms with Crippen molar-refractivity contribution >= 4 is 17.6 Å². The second-order valence-electron chi connectivity index (χ2n) is 2.45. The quantitative estimate of drug-likeness (QED) is 0.116. The molecule has 11 N–H and O–H groups in total. The first-order valence-corrected chi connectivity index (χ1v) is 3.82. The lowest BCUT2D eigenvalue weighted by Gasteiger charge is -2.01. The predicted molar refractivity (Wildman–Crippen MR) is 55.9 cm³/mol. The molecule has 0 amide bonds. The lowest BCUT2D eigenvalue weighted by molar-refractivity contribution is 0.950. The maximum absolute atomic E-state index is 5.25. The first kappa shape index (κ1) is 10.4. The van der Waals surface area contributed by atoms with E-state index in [1.165, 1.54) is 0 Å². The number of nitrogens with one attached hydrogen (secondary N) is 3. The molecule has 82 valence electrons. The Balaban J connectivity index is 2.36. The minimum Gasteiger partial charge on any atom is -0.367 e. The first-order valence-electron chi connectivity index (χ1n) is 3.82. The van der Waals surface area contributed by atoms with Gasteiger partial charge in [0.25, 0.3) is 0 Å². The Hall–Kier alpha value is -2.65. The molecule has 0 radical (unpaired) electrons. The van der Waals surface area contributed by atoms with E-state index in [9.17, 15) is 0 Å². The van der Waals surface area contributed by atoms with Crippen LogP contribution in [0.2, 0.25) is 0 Å². The van der Waals surface area contributed by atoms with Gasteiger partial charge in [0, 0.05) is 0 Å². The van der Waals surface area contributed by atoms with Crippen LogP contribution in [0.4, 0.5) is 5.69 Å². The van der Waals surface area contributed by atoms with Gasteiger partial charge in [0.2, 0.25) is 11.9 Å². The molecule has 10 nitrogen and oxygen atoms in total. The fraction of sp³-hybridized carbons (Fsp3) is 0. The van der Waals surface area contributed by atoms with Gasteiger partial charge in [-0.2, -0.15) is 5.10 Å². The minimum absolute atomic E-state index is 0.0122. The first-order chi connectivity index (χ1) is 7.17. The number of anilines is 1. The van der Waals surface area contributed by atoms with Gasteiger partial charge >= 0.3 is 0 Å². The van der Waals surface area contributed by atoms with Gasteiger partial charge < -0.3 is 23.2 Å². The lowest BCUT2D eigenvalue weighted by atomic mass is 10.9. The van der Waals surface area contributed by atoms with E-state index < -0.39 is 0 Å². The summed E-state index contributed by atoms with van der Waals surface area (Å²) in [5.74, 6) is 9.82. The molecule has 0 saturated carbocycles. The number of nitrogens with two attached hydrogens (primary N) is 4. The smallest absolute Gasteiger partial charge is 0.231 e. The highest BCUT2D eigenvalue weighted by atomic mass is 15.4. The molecule has 0 fully saturated rings. The van der Waals surface area contributed by atoms with Gasteiger partial charge in [-0.3, -0.25) is 10.9 Å². The third-order valence-corrected chi connectivity index (χ3v) is 1.37. The summed E-state index contributed by atoms with van der Waals surface area (Å²) in [7, 11) is 0. The Kier molecular flexibility index (Phi) is 3.16. The highest BCUT2D eigenvalue weighted by molar-refractivity contribution is 5.79. The van der Waals surface area contributed by atoms with Crippen molar-refractivity contribution in [2.45, 2.75) is 0 Å². The zero-order chi connectivity index (χ0) is 11.3. The molecule has 0 aliphatic rings. The summed E-state index contributed by atoms with van der Waals surface area (Å²) in [5, 5.41) is 10.8. The van der Waals surface area contributed by atoms with Gasteiger partial charge in [-0.1, -0.05) is 0 Å². The van der Waals surface area contributed by atoms with E-state index in [0.29, 0.717) is 5.36 Å². The Morgan fingerprint density at radius 2 is 1.80 bits per heavy atom. The molecule has 0 saturated heterocycles. The average Bonchev–Trinajstić information content (AvgIpc) is 3.01. The molecular weight excluding hydrogens is 200 g/mol. The number of hydrazone groups is 2. The standard InChI is InChI=1S/C5H12N10/c6-4(10-8)14-12-2-1-3(2)13-15-5(7)11-9/h1,12H,8-9H2,(H3,6,10,14)(H3,7,11,15). The summed E-state index contributed by atoms with van der Waals surface area (Å²) >= 11 is 0. The van der Waals surface area contributed by atoms with Gasteiger partial charge in [0.1, 0.15) is 5.36 Å². The number of hydrogen-bond donors (Lipinski definition) is 7. The summed E-state index contributed by atoms with van der Waals surface area (Å²) < 4.78 is 0. The molecule has 0 spiro atoms. The second-order valence-corrected chi connectivity index (χ2v) is 2.45. The van der Waals surface area contributed by atoms with E-state index >= 15 is 0 Å². The highest BCUT2D eigenvalue weighted by Crippen LogP contribution is 2.00. The fourth-order valence-electron chi connectivity index (χ4n) is 0.603. The van der Waals surface area contributed by atoms with Crippen LogP contribution in [0.15, 0.2) is 21.4 Å². The summed E-state index contributed by atoms with van der Waals surface area (Å²) in [6, 6.07) is 1.72. The maximum Gasteiger partial charge on any atom is 0.231 e. The molecule has 1 rings (SSSR count). The van der Waals surface area contributed by atoms with Crippen molar-refractivity contribution in [1.29, 1.82) is 0 Å². The van der Waals surface area contributed by atoms with Crippen LogP contribution >= 0.6 is 0 Å². The molecular formula is C5H12N10. The number of hydrogen-bond acceptors (Lipinski definition) is 6. The van der Waals surface area contributed by atoms with E-state index in [-0.39, 0.29) is 11.9 Å². The molecule has 0 aliphatic heterocycles. The van der Waals surface area contributed by atoms with Crippen LogP contribution in [0.25, 0.3) is 0 Å². The highest BCUT2D eigenvalue weighted by Gasteiger charge is 2.05. The van der Waals surface area contributed by atoms with Crippen LogP contribution in [0.5, 0.6) is 0 Å². The van der Waals surface area contributed by atoms with Crippen LogP contribution in [-0.2, 0) is 0 Å². The molecule has 1 aromatic rings. The van der Waals surface area contributed by atoms with Crippen LogP contribution in [0.3, 0.4) is 0 Å². The largest absolute Gasteiger partial charge is 0.367 e. The van der Waals surface area contributed by atoms with E-state index in [1.807, 2.05) is 0 Å². The predicted octanol–water partition coefficient (Wildman–Crippen LogP) is -3.74. The number of rotatable bonds is 3. The van der Waals surface area contributed by atoms with Gasteiger partial charge in [0.05, 0.1) is 5.69 Å². The zero-order valence-electron chi connectivity index (χ0n) is 7.73. The van der Waals surface area contributed by atoms with Crippen LogP contribution in [0.1, 0.15) is 0 Å². The van der Waals surface area contributed by atoms with E-state index in [4.69, 9.17) is 23.2 Å². The lowest BCUT2D eigenvalue weighted by Crippen LogP contribution is -2.36. The molecule has 10 heteroatoms. The fourth-order valence-corrected chi connectivity index (χ4v) is 0.603. The van der Waals surface area contributed by atoms with Crippen molar-refractivity contribution in [2.24, 2.45) is 38.5 Å². The summed E-state index contributed by atoms with van der Waals surface area (Å²) in [6.07, 6.45) is 0. The Morgan fingerprint density at radius 3 is 2.40 bits per heavy atom. The maximum atomic E-state index is 5.25. The minimum atomic E-state index is 0.0122. The van der Waals surface area contributed by atoms with Crippen molar-refractivity contribution in [1.82, 2.24) is 10.9 Å². The number of guanidine groups is 2. The van der Waals surface area contributed by atoms with Crippen LogP contribution in [0, 0.1) is 0 Å². The molecule has 0 aromatic heterocycles. The van der Waals surface area contributed by atoms with Gasteiger partial charge in [0.15, 0.2) is 0 Å². The summed E-state index contributed by atoms with van der Waals surface area (Å²) in [6.45, 7) is 0. The molecule has 1 aromatic carbocycles. The Morgan fingerprint density at radius 1 is 1.13 bits per heavy atom. The van der Waals surface area contributed by atoms with Gasteiger partial charge in [-0.15, -0.1) is 10.2 Å². The van der Waals surface area contributed by atoms with Gasteiger partial charge in [-0.25, -0.2) is 5.43 Å². The van der Waals surface area contributed by atoms with Gasteiger partial charge in [-0.05, 0) is 6.07 Å². The third-order valence-electron chi connectivity index (χ3n) is 1.37. The summed E-state index contributed by atoms with van der Waals surface area (Å²) in [4.78, 5) is 0. The summed E-state index contributed by atoms with van der Waals surface area (Å²) in [5.41, 5.74) is 18.8. The molecule has 0 aliphatic carbocycles. The zero-order valence-corrected chi connectivity index (χ0v) is 7.73. The van der Waals surface area contributed by atoms with Crippen molar-refractivity contribution in [3.8, 4) is 0 Å². The number of hydrazine groups is 1. The molecule has 0 unspecified atom stereocenters. The van der Waals surface area contributed by atoms with Crippen molar-refractivity contribution in [3.05, 3.63) is 11.4 Å². The van der Waals surface area contributed by atoms with E-state index in [2.05, 4.69) is 31.6 Å². The monoisotopic (exact) mass is 212 g/mol. The Bertz CT molecular complexity index is 393. The molecule has 0 bridgehead atoms. The Labute approximate surface area is 84.7 Å². The SMILES string of the molecule is NN=C(N)NN=c1cc1NNC(N)=NN. The van der Waals surface area contributed by atoms with Crippen LogP contribution < -0.4 is 44.8 Å². The molecule has 0 atom stereocenters. The van der Waals surface area contributed by atoms with E-state index in [1.54, 1.807) is 6.07 Å². The topological polar surface area (TPSA) is 177 Å². The second kappa shape index (κ2) is 4.55. The molecule has 0 heterocycles. The molecule has 15 heavy (non-hydrogen) atoms. The third kappa shape index (κ3) is 3.30. The number of nitrogens with zero attached hydrogens (tertiary/aromatic N) is 3. The van der Waals surface area contributed by atoms with Crippen LogP contribution in [-0.4, -0.2) is 11.9 Å².